The summed E-state index contributed by atoms with van der Waals surface area (Å²) in [4.78, 5) is 38.9. The summed E-state index contributed by atoms with van der Waals surface area (Å²) in [7, 11) is 0.767. The summed E-state index contributed by atoms with van der Waals surface area (Å²) in [5, 5.41) is 2.26. The summed E-state index contributed by atoms with van der Waals surface area (Å²) in [6, 6.07) is 7.57. The van der Waals surface area contributed by atoms with Gasteiger partial charge in [-0.1, -0.05) is 18.2 Å². The van der Waals surface area contributed by atoms with Crippen LogP contribution in [0.15, 0.2) is 35.1 Å². The van der Waals surface area contributed by atoms with Crippen LogP contribution in [0.4, 0.5) is 18.0 Å². The number of hydrogen-bond acceptors (Lipinski definition) is 5. The van der Waals surface area contributed by atoms with Crippen LogP contribution in [0.3, 0.4) is 0 Å². The van der Waals surface area contributed by atoms with Crippen LogP contribution in [0.5, 0.6) is 0 Å². The first-order valence-electron chi connectivity index (χ1n) is 8.56. The van der Waals surface area contributed by atoms with Crippen LogP contribution in [0, 0.1) is 0 Å². The van der Waals surface area contributed by atoms with Crippen molar-refractivity contribution in [1.82, 2.24) is 10.3 Å². The first kappa shape index (κ1) is 22.3. The summed E-state index contributed by atoms with van der Waals surface area (Å²) in [5.41, 5.74) is -5.41. The van der Waals surface area contributed by atoms with Gasteiger partial charge in [-0.25, -0.2) is 9.59 Å². The lowest BCUT2D eigenvalue weighted by Gasteiger charge is -2.34. The number of nitrogens with one attached hydrogen (secondary N) is 2. The van der Waals surface area contributed by atoms with E-state index in [0.29, 0.717) is 5.39 Å². The average molecular weight is 414 g/mol. The third kappa shape index (κ3) is 4.87. The zero-order chi connectivity index (χ0) is 22.0. The highest BCUT2D eigenvalue weighted by atomic mass is 19.4. The predicted molar refractivity (Wildman–Crippen MR) is 98.4 cm³/mol. The highest BCUT2D eigenvalue weighted by Gasteiger charge is 2.63. The van der Waals surface area contributed by atoms with Crippen molar-refractivity contribution < 1.29 is 32.2 Å². The van der Waals surface area contributed by atoms with Crippen molar-refractivity contribution >= 4 is 22.8 Å². The van der Waals surface area contributed by atoms with Crippen molar-refractivity contribution in [2.24, 2.45) is 0 Å². The van der Waals surface area contributed by atoms with E-state index in [1.54, 1.807) is 23.5 Å². The highest BCUT2D eigenvalue weighted by Crippen LogP contribution is 2.35. The molecule has 0 saturated carbocycles. The Morgan fingerprint density at radius 1 is 1.14 bits per heavy atom. The number of hydrogen-bond donors (Lipinski definition) is 2. The number of ether oxygens (including phenoxy) is 2. The number of benzene rings is 1. The molecule has 0 spiro atoms. The minimum atomic E-state index is -5.25. The number of rotatable bonds is 4. The number of methoxy groups -OCH3 is 1. The maximum Gasteiger partial charge on any atom is 0.422 e. The lowest BCUT2D eigenvalue weighted by molar-refractivity contribution is -0.211. The van der Waals surface area contributed by atoms with Crippen molar-refractivity contribution in [3.8, 4) is 0 Å². The van der Waals surface area contributed by atoms with E-state index in [4.69, 9.17) is 4.74 Å². The minimum Gasteiger partial charge on any atom is -0.467 e. The first-order chi connectivity index (χ1) is 13.3. The van der Waals surface area contributed by atoms with E-state index in [-0.39, 0.29) is 11.1 Å². The minimum absolute atomic E-state index is 0.215. The molecule has 0 aliphatic carbocycles. The second-order valence-corrected chi connectivity index (χ2v) is 7.41. The molecule has 2 rings (SSSR count). The lowest BCUT2D eigenvalue weighted by atomic mass is 9.91. The number of halogens is 3. The molecule has 1 aromatic heterocycles. The third-order valence-corrected chi connectivity index (χ3v) is 4.00. The Morgan fingerprint density at radius 3 is 2.31 bits per heavy atom. The Hall–Kier alpha value is -3.04. The Bertz CT molecular complexity index is 978. The number of carbonyl (C=O) groups is 2. The zero-order valence-electron chi connectivity index (χ0n) is 16.3. The van der Waals surface area contributed by atoms with Crippen LogP contribution in [0.25, 0.3) is 10.8 Å². The van der Waals surface area contributed by atoms with Gasteiger partial charge in [-0.2, -0.15) is 13.2 Å². The number of pyridine rings is 1. The quantitative estimate of drug-likeness (QED) is 0.750. The molecule has 0 aliphatic rings. The van der Waals surface area contributed by atoms with Gasteiger partial charge in [0, 0.05) is 17.5 Å². The number of fused-ring (bicyclic) bond motifs is 1. The molecular weight excluding hydrogens is 393 g/mol. The Kier molecular flexibility index (Phi) is 5.96. The van der Waals surface area contributed by atoms with Gasteiger partial charge in [-0.05, 0) is 38.3 Å². The summed E-state index contributed by atoms with van der Waals surface area (Å²) >= 11 is 0. The van der Waals surface area contributed by atoms with E-state index in [1.165, 1.54) is 32.9 Å². The average Bonchev–Trinajstić information content (AvgIpc) is 2.57. The van der Waals surface area contributed by atoms with E-state index < -0.39 is 41.4 Å². The molecule has 1 amide bonds. The fraction of sp³-hybridized carbons (Fsp3) is 0.421. The van der Waals surface area contributed by atoms with Gasteiger partial charge in [-0.15, -0.1) is 0 Å². The van der Waals surface area contributed by atoms with Gasteiger partial charge in [0.1, 0.15) is 5.60 Å². The number of aromatic amines is 1. The molecule has 0 bridgehead atoms. The van der Waals surface area contributed by atoms with Crippen LogP contribution < -0.4 is 10.9 Å². The van der Waals surface area contributed by atoms with E-state index in [0.717, 1.165) is 7.11 Å². The van der Waals surface area contributed by atoms with Gasteiger partial charge < -0.3 is 14.5 Å². The van der Waals surface area contributed by atoms with Gasteiger partial charge in [0.25, 0.3) is 5.56 Å². The summed E-state index contributed by atoms with van der Waals surface area (Å²) in [6.45, 7) is 4.38. The van der Waals surface area contributed by atoms with Crippen LogP contribution >= 0.6 is 0 Å². The smallest absolute Gasteiger partial charge is 0.422 e. The molecule has 1 unspecified atom stereocenters. The maximum atomic E-state index is 14.0. The Morgan fingerprint density at radius 2 is 1.76 bits per heavy atom. The van der Waals surface area contributed by atoms with Crippen LogP contribution in [-0.4, -0.2) is 41.5 Å². The van der Waals surface area contributed by atoms with Crippen LogP contribution in [0.1, 0.15) is 26.5 Å². The van der Waals surface area contributed by atoms with E-state index in [9.17, 15) is 27.6 Å². The Balaban J connectivity index is 2.56. The third-order valence-electron chi connectivity index (χ3n) is 4.00. The van der Waals surface area contributed by atoms with Gasteiger partial charge in [0.15, 0.2) is 0 Å². The molecule has 10 heteroatoms. The van der Waals surface area contributed by atoms with E-state index >= 15 is 0 Å². The number of alkyl carbamates (subject to hydrolysis) is 1. The van der Waals surface area contributed by atoms with Crippen LogP contribution in [-0.2, 0) is 20.7 Å². The fourth-order valence-electron chi connectivity index (χ4n) is 2.75. The van der Waals surface area contributed by atoms with Gasteiger partial charge in [-0.3, -0.25) is 10.1 Å². The van der Waals surface area contributed by atoms with E-state index in [1.807, 2.05) is 0 Å². The topological polar surface area (TPSA) is 97.5 Å². The monoisotopic (exact) mass is 414 g/mol. The molecular formula is C19H21F3N2O5. The van der Waals surface area contributed by atoms with E-state index in [2.05, 4.69) is 9.72 Å². The predicted octanol–water partition coefficient (Wildman–Crippen LogP) is 3.07. The second kappa shape index (κ2) is 7.76. The summed E-state index contributed by atoms with van der Waals surface area (Å²) < 4.78 is 51.4. The van der Waals surface area contributed by atoms with Crippen molar-refractivity contribution in [3.05, 3.63) is 46.4 Å². The normalized spacial score (nSPS) is 14.2. The van der Waals surface area contributed by atoms with Gasteiger partial charge in [0.2, 0.25) is 5.54 Å². The molecule has 1 heterocycles. The number of alkyl halides is 3. The number of carbonyl (C=O) groups excluding carboxylic acids is 2. The lowest BCUT2D eigenvalue weighted by Crippen LogP contribution is -2.66. The number of H-pyrrole nitrogens is 1. The van der Waals surface area contributed by atoms with Gasteiger partial charge in [0.05, 0.1) is 7.11 Å². The summed E-state index contributed by atoms with van der Waals surface area (Å²) in [5.74, 6) is -1.75. The largest absolute Gasteiger partial charge is 0.467 e. The second-order valence-electron chi connectivity index (χ2n) is 7.41. The number of esters is 1. The van der Waals surface area contributed by atoms with Crippen molar-refractivity contribution in [2.45, 2.75) is 44.5 Å². The molecule has 0 fully saturated rings. The van der Waals surface area contributed by atoms with Gasteiger partial charge >= 0.3 is 18.2 Å². The molecule has 7 nitrogen and oxygen atoms in total. The standard InChI is InChI=1S/C19H21F3N2O5/c1-17(2,3)29-16(27)24-18(15(26)28-4,19(20,21)22)10-12-9-11-7-5-6-8-13(11)14(25)23-12/h5-9H,10H2,1-4H3,(H,23,25)(H,24,27). The van der Waals surface area contributed by atoms with Crippen molar-refractivity contribution in [2.75, 3.05) is 7.11 Å². The SMILES string of the molecule is COC(=O)C(Cc1cc2ccccc2c(=O)[nH]1)(NC(=O)OC(C)(C)C)C(F)(F)F. The van der Waals surface area contributed by atoms with Crippen molar-refractivity contribution in [1.29, 1.82) is 0 Å². The molecule has 2 N–H and O–H groups in total. The van der Waals surface area contributed by atoms with Crippen LogP contribution in [0.2, 0.25) is 0 Å². The number of amides is 1. The first-order valence-corrected chi connectivity index (χ1v) is 8.56. The Labute approximate surface area is 164 Å². The zero-order valence-corrected chi connectivity index (χ0v) is 16.3. The molecule has 0 aliphatic heterocycles. The molecule has 1 aromatic carbocycles. The molecule has 2 aromatic rings. The summed E-state index contributed by atoms with van der Waals surface area (Å²) in [6.07, 6.45) is -7.80. The fourth-order valence-corrected chi connectivity index (χ4v) is 2.75. The number of aromatic nitrogens is 1. The highest BCUT2D eigenvalue weighted by molar-refractivity contribution is 5.88. The maximum absolute atomic E-state index is 14.0. The molecule has 0 saturated heterocycles. The molecule has 158 valence electrons. The molecule has 1 atom stereocenters. The molecule has 29 heavy (non-hydrogen) atoms. The van der Waals surface area contributed by atoms with Crippen molar-refractivity contribution in [3.63, 3.8) is 0 Å². The molecule has 0 radical (unpaired) electrons.